The molecule has 8 heteroatoms. The molecule has 0 radical (unpaired) electrons. The summed E-state index contributed by atoms with van der Waals surface area (Å²) in [6.07, 6.45) is 1.33. The summed E-state index contributed by atoms with van der Waals surface area (Å²) in [5.74, 6) is -1.73. The molecule has 0 unspecified atom stereocenters. The van der Waals surface area contributed by atoms with Crippen LogP contribution in [0.2, 0.25) is 0 Å². The molecule has 1 amide bonds. The number of hydrogen-bond donors (Lipinski definition) is 1. The Morgan fingerprint density at radius 2 is 2.09 bits per heavy atom. The van der Waals surface area contributed by atoms with Gasteiger partial charge in [0.15, 0.2) is 0 Å². The molecule has 122 valence electrons. The Bertz CT molecular complexity index is 866. The lowest BCUT2D eigenvalue weighted by Gasteiger charge is -2.15. The van der Waals surface area contributed by atoms with Gasteiger partial charge in [0, 0.05) is 20.1 Å². The van der Waals surface area contributed by atoms with Crippen molar-refractivity contribution >= 4 is 23.0 Å². The smallest absolute Gasteiger partial charge is 0.308 e. The van der Waals surface area contributed by atoms with E-state index in [2.05, 4.69) is 4.98 Å². The second-order valence-electron chi connectivity index (χ2n) is 6.01. The van der Waals surface area contributed by atoms with Crippen molar-refractivity contribution in [1.29, 1.82) is 0 Å². The minimum Gasteiger partial charge on any atom is -0.481 e. The van der Waals surface area contributed by atoms with E-state index in [1.807, 2.05) is 0 Å². The van der Waals surface area contributed by atoms with Gasteiger partial charge in [0.2, 0.25) is 5.71 Å². The summed E-state index contributed by atoms with van der Waals surface area (Å²) >= 11 is 0. The minimum atomic E-state index is -0.917. The minimum absolute atomic E-state index is 0.121. The van der Waals surface area contributed by atoms with Crippen LogP contribution in [0.5, 0.6) is 0 Å². The third kappa shape index (κ3) is 2.30. The number of amides is 1. The van der Waals surface area contributed by atoms with E-state index in [0.717, 1.165) is 0 Å². The SMILES string of the molecule is Cc1oc2ncn(C)c(=O)c2c1C(=O)N1C[C@@H](C)[C@H](C(=O)O)C1. The number of carboxylic acids is 1. The van der Waals surface area contributed by atoms with Crippen LogP contribution in [0.15, 0.2) is 15.5 Å². The first-order valence-corrected chi connectivity index (χ1v) is 7.28. The van der Waals surface area contributed by atoms with Gasteiger partial charge in [-0.05, 0) is 12.8 Å². The van der Waals surface area contributed by atoms with Gasteiger partial charge in [0.25, 0.3) is 11.5 Å². The number of carboxylic acid groups (broad SMARTS) is 1. The maximum absolute atomic E-state index is 12.8. The summed E-state index contributed by atoms with van der Waals surface area (Å²) in [6.45, 7) is 3.86. The van der Waals surface area contributed by atoms with Gasteiger partial charge in [0.05, 0.1) is 11.5 Å². The van der Waals surface area contributed by atoms with E-state index >= 15 is 0 Å². The normalized spacial score (nSPS) is 21.1. The predicted octanol–water partition coefficient (Wildman–Crippen LogP) is 0.628. The van der Waals surface area contributed by atoms with Crippen molar-refractivity contribution in [2.24, 2.45) is 18.9 Å². The average Bonchev–Trinajstić information content (AvgIpc) is 3.03. The zero-order chi connectivity index (χ0) is 16.9. The van der Waals surface area contributed by atoms with Gasteiger partial charge in [-0.2, -0.15) is 0 Å². The molecule has 0 spiro atoms. The number of hydrogen-bond acceptors (Lipinski definition) is 5. The van der Waals surface area contributed by atoms with Crippen LogP contribution in [0.3, 0.4) is 0 Å². The van der Waals surface area contributed by atoms with E-state index in [4.69, 9.17) is 4.42 Å². The predicted molar refractivity (Wildman–Crippen MR) is 80.2 cm³/mol. The molecule has 8 nitrogen and oxygen atoms in total. The molecule has 1 aliphatic heterocycles. The van der Waals surface area contributed by atoms with Crippen LogP contribution in [0.25, 0.3) is 11.1 Å². The summed E-state index contributed by atoms with van der Waals surface area (Å²) < 4.78 is 6.71. The molecule has 1 fully saturated rings. The molecule has 2 aromatic heterocycles. The fraction of sp³-hybridized carbons (Fsp3) is 0.467. The van der Waals surface area contributed by atoms with Gasteiger partial charge in [-0.15, -0.1) is 0 Å². The quantitative estimate of drug-likeness (QED) is 0.870. The molecule has 3 rings (SSSR count). The lowest BCUT2D eigenvalue weighted by molar-refractivity contribution is -0.142. The van der Waals surface area contributed by atoms with Gasteiger partial charge >= 0.3 is 5.97 Å². The molecule has 1 saturated heterocycles. The summed E-state index contributed by atoms with van der Waals surface area (Å²) in [6, 6.07) is 0. The number of rotatable bonds is 2. The maximum atomic E-state index is 12.8. The molecule has 2 aromatic rings. The molecular formula is C15H17N3O5. The van der Waals surface area contributed by atoms with Crippen molar-refractivity contribution in [3.63, 3.8) is 0 Å². The summed E-state index contributed by atoms with van der Waals surface area (Å²) in [7, 11) is 1.55. The third-order valence-electron chi connectivity index (χ3n) is 4.38. The van der Waals surface area contributed by atoms with Crippen molar-refractivity contribution in [1.82, 2.24) is 14.5 Å². The number of aliphatic carboxylic acids is 1. The maximum Gasteiger partial charge on any atom is 0.308 e. The Hall–Kier alpha value is -2.64. The fourth-order valence-electron chi connectivity index (χ4n) is 3.06. The lowest BCUT2D eigenvalue weighted by Crippen LogP contribution is -2.31. The first-order valence-electron chi connectivity index (χ1n) is 7.28. The summed E-state index contributed by atoms with van der Waals surface area (Å²) in [5, 5.41) is 9.34. The Morgan fingerprint density at radius 3 is 2.70 bits per heavy atom. The van der Waals surface area contributed by atoms with Crippen LogP contribution < -0.4 is 5.56 Å². The Labute approximate surface area is 131 Å². The number of likely N-dealkylation sites (tertiary alicyclic amines) is 1. The van der Waals surface area contributed by atoms with Crippen LogP contribution in [-0.2, 0) is 11.8 Å². The molecule has 0 aromatic carbocycles. The summed E-state index contributed by atoms with van der Waals surface area (Å²) in [5.41, 5.74) is -0.0693. The third-order valence-corrected chi connectivity index (χ3v) is 4.38. The standard InChI is InChI=1S/C15H17N3O5/c1-7-4-18(5-9(7)15(21)22)14(20)10-8(2)23-12-11(10)13(19)17(3)6-16-12/h6-7,9H,4-5H2,1-3H3,(H,21,22)/t7-,9-/m1/s1. The van der Waals surface area contributed by atoms with E-state index in [1.165, 1.54) is 15.8 Å². The first kappa shape index (κ1) is 15.3. The first-order chi connectivity index (χ1) is 10.8. The van der Waals surface area contributed by atoms with E-state index in [-0.39, 0.29) is 40.6 Å². The monoisotopic (exact) mass is 319 g/mol. The number of furan rings is 1. The fourth-order valence-corrected chi connectivity index (χ4v) is 3.06. The Kier molecular flexibility index (Phi) is 3.46. The van der Waals surface area contributed by atoms with Crippen molar-refractivity contribution in [2.45, 2.75) is 13.8 Å². The van der Waals surface area contributed by atoms with Gasteiger partial charge in [-0.3, -0.25) is 14.4 Å². The van der Waals surface area contributed by atoms with Gasteiger partial charge in [-0.1, -0.05) is 6.92 Å². The van der Waals surface area contributed by atoms with Crippen LogP contribution in [-0.4, -0.2) is 44.5 Å². The van der Waals surface area contributed by atoms with E-state index in [0.29, 0.717) is 12.3 Å². The van der Waals surface area contributed by atoms with Gasteiger partial charge in [-0.25, -0.2) is 4.98 Å². The highest BCUT2D eigenvalue weighted by Gasteiger charge is 2.38. The molecule has 0 saturated carbocycles. The van der Waals surface area contributed by atoms with Crippen molar-refractivity contribution in [3.8, 4) is 0 Å². The second-order valence-corrected chi connectivity index (χ2v) is 6.01. The van der Waals surface area contributed by atoms with Crippen molar-refractivity contribution in [2.75, 3.05) is 13.1 Å². The largest absolute Gasteiger partial charge is 0.481 e. The number of aromatic nitrogens is 2. The number of aryl methyl sites for hydroxylation is 2. The highest BCUT2D eigenvalue weighted by molar-refractivity contribution is 6.06. The molecule has 3 heterocycles. The number of carbonyl (C=O) groups is 2. The number of nitrogens with zero attached hydrogens (tertiary/aromatic N) is 3. The Balaban J connectivity index is 2.06. The zero-order valence-corrected chi connectivity index (χ0v) is 13.1. The lowest BCUT2D eigenvalue weighted by atomic mass is 9.99. The highest BCUT2D eigenvalue weighted by atomic mass is 16.4. The van der Waals surface area contributed by atoms with Gasteiger partial charge < -0.3 is 19.0 Å². The van der Waals surface area contributed by atoms with Gasteiger partial charge in [0.1, 0.15) is 17.5 Å². The van der Waals surface area contributed by atoms with Crippen LogP contribution in [0.4, 0.5) is 0 Å². The number of fused-ring (bicyclic) bond motifs is 1. The van der Waals surface area contributed by atoms with Crippen LogP contribution in [0.1, 0.15) is 23.0 Å². The second kappa shape index (κ2) is 5.22. The average molecular weight is 319 g/mol. The highest BCUT2D eigenvalue weighted by Crippen LogP contribution is 2.28. The van der Waals surface area contributed by atoms with Crippen molar-refractivity contribution < 1.29 is 19.1 Å². The molecule has 2 atom stereocenters. The molecule has 1 N–H and O–H groups in total. The van der Waals surface area contributed by atoms with E-state index in [9.17, 15) is 19.5 Å². The number of carbonyl (C=O) groups excluding carboxylic acids is 1. The van der Waals surface area contributed by atoms with E-state index < -0.39 is 11.9 Å². The molecular weight excluding hydrogens is 302 g/mol. The molecule has 1 aliphatic rings. The molecule has 0 aliphatic carbocycles. The Morgan fingerprint density at radius 1 is 1.39 bits per heavy atom. The molecule has 0 bridgehead atoms. The molecule has 23 heavy (non-hydrogen) atoms. The van der Waals surface area contributed by atoms with Crippen molar-refractivity contribution in [3.05, 3.63) is 28.0 Å². The zero-order valence-electron chi connectivity index (χ0n) is 13.1. The van der Waals surface area contributed by atoms with Crippen LogP contribution >= 0.6 is 0 Å². The van der Waals surface area contributed by atoms with Crippen LogP contribution in [0, 0.1) is 18.8 Å². The summed E-state index contributed by atoms with van der Waals surface area (Å²) in [4.78, 5) is 41.8. The topological polar surface area (TPSA) is 106 Å². The van der Waals surface area contributed by atoms with E-state index in [1.54, 1.807) is 20.9 Å².